The fourth-order valence-electron chi connectivity index (χ4n) is 4.14. The second kappa shape index (κ2) is 8.99. The highest BCUT2D eigenvalue weighted by Gasteiger charge is 2.22. The maximum absolute atomic E-state index is 12.8. The average Bonchev–Trinajstić information content (AvgIpc) is 3.20. The van der Waals surface area contributed by atoms with Crippen LogP contribution in [0.5, 0.6) is 0 Å². The number of nitrogens with one attached hydrogen (secondary N) is 1. The van der Waals surface area contributed by atoms with E-state index >= 15 is 0 Å². The van der Waals surface area contributed by atoms with E-state index < -0.39 is 23.5 Å². The van der Waals surface area contributed by atoms with Gasteiger partial charge in [-0.3, -0.25) is 4.79 Å². The molecule has 4 rings (SSSR count). The lowest BCUT2D eigenvalue weighted by atomic mass is 9.97. The largest absolute Gasteiger partial charge is 0.548 e. The topological polar surface area (TPSA) is 113 Å². The fraction of sp³-hybridized carbons (Fsp3) is 0.269. The molecule has 0 unspecified atom stereocenters. The van der Waals surface area contributed by atoms with Crippen molar-refractivity contribution in [2.75, 3.05) is 0 Å². The molecule has 8 heteroatoms. The standard InChI is InChI=1S/C26H24ClNO6/c1-12(2)22(25(30)31)28-21(29)10-18-13(3)17-9-19-20(15-5-7-16(27)8-6-15)11-33-23(19)14(4)24(17)34-26(18)32/h5-9,11-12,22H,10H2,1-4H3,(H,28,29)(H,30,31)/p-1/t22-/m0/s1. The molecule has 34 heavy (non-hydrogen) atoms. The van der Waals surface area contributed by atoms with Crippen molar-refractivity contribution in [3.63, 3.8) is 0 Å². The third kappa shape index (κ3) is 4.19. The van der Waals surface area contributed by atoms with Crippen molar-refractivity contribution in [2.45, 2.75) is 40.2 Å². The summed E-state index contributed by atoms with van der Waals surface area (Å²) in [4.78, 5) is 36.7. The molecule has 0 spiro atoms. The van der Waals surface area contributed by atoms with E-state index in [-0.39, 0.29) is 17.9 Å². The predicted octanol–water partition coefficient (Wildman–Crippen LogP) is 3.91. The van der Waals surface area contributed by atoms with Gasteiger partial charge in [0.05, 0.1) is 30.3 Å². The van der Waals surface area contributed by atoms with Crippen LogP contribution in [-0.2, 0) is 16.0 Å². The van der Waals surface area contributed by atoms with Gasteiger partial charge in [0.2, 0.25) is 5.91 Å². The third-order valence-electron chi connectivity index (χ3n) is 6.07. The minimum Gasteiger partial charge on any atom is -0.548 e. The molecule has 0 saturated carbocycles. The monoisotopic (exact) mass is 480 g/mol. The van der Waals surface area contributed by atoms with Gasteiger partial charge >= 0.3 is 5.63 Å². The predicted molar refractivity (Wildman–Crippen MR) is 128 cm³/mol. The molecule has 0 saturated heterocycles. The summed E-state index contributed by atoms with van der Waals surface area (Å²) in [6, 6.07) is 8.09. The number of benzene rings is 2. The molecule has 0 radical (unpaired) electrons. The van der Waals surface area contributed by atoms with Gasteiger partial charge in [-0.05, 0) is 49.1 Å². The van der Waals surface area contributed by atoms with Crippen molar-refractivity contribution in [3.8, 4) is 11.1 Å². The molecule has 0 aliphatic heterocycles. The first-order chi connectivity index (χ1) is 16.1. The number of carbonyl (C=O) groups excluding carboxylic acids is 2. The number of hydrogen-bond donors (Lipinski definition) is 1. The minimum atomic E-state index is -1.38. The molecule has 1 N–H and O–H groups in total. The fourth-order valence-corrected chi connectivity index (χ4v) is 4.26. The highest BCUT2D eigenvalue weighted by atomic mass is 35.5. The molecule has 4 aromatic rings. The number of amides is 1. The highest BCUT2D eigenvalue weighted by molar-refractivity contribution is 6.30. The van der Waals surface area contributed by atoms with Crippen LogP contribution in [0.3, 0.4) is 0 Å². The number of aryl methyl sites for hydroxylation is 2. The SMILES string of the molecule is Cc1c(CC(=O)N[C@H](C(=O)[O-])C(C)C)c(=O)oc2c(C)c3occ(-c4ccc(Cl)cc4)c3cc12. The summed E-state index contributed by atoms with van der Waals surface area (Å²) in [5, 5.41) is 15.9. The van der Waals surface area contributed by atoms with Crippen LogP contribution in [-0.4, -0.2) is 17.9 Å². The maximum atomic E-state index is 12.8. The van der Waals surface area contributed by atoms with E-state index in [9.17, 15) is 19.5 Å². The number of furan rings is 1. The molecule has 0 fully saturated rings. The summed E-state index contributed by atoms with van der Waals surface area (Å²) in [5.41, 5.74) is 3.52. The number of rotatable bonds is 6. The molecular weight excluding hydrogens is 458 g/mol. The number of fused-ring (bicyclic) bond motifs is 2. The quantitative estimate of drug-likeness (QED) is 0.419. The Morgan fingerprint density at radius 1 is 1.06 bits per heavy atom. The molecule has 0 aliphatic rings. The van der Waals surface area contributed by atoms with E-state index in [1.165, 1.54) is 0 Å². The number of carbonyl (C=O) groups is 2. The van der Waals surface area contributed by atoms with Gasteiger partial charge < -0.3 is 24.1 Å². The van der Waals surface area contributed by atoms with Crippen LogP contribution in [0.15, 0.2) is 50.2 Å². The van der Waals surface area contributed by atoms with E-state index in [4.69, 9.17) is 20.4 Å². The van der Waals surface area contributed by atoms with Crippen LogP contribution in [0, 0.1) is 19.8 Å². The first-order valence-electron chi connectivity index (χ1n) is 10.8. The molecule has 7 nitrogen and oxygen atoms in total. The number of aliphatic carboxylic acids is 1. The molecule has 0 bridgehead atoms. The van der Waals surface area contributed by atoms with Crippen LogP contribution < -0.4 is 16.0 Å². The van der Waals surface area contributed by atoms with Crippen molar-refractivity contribution in [2.24, 2.45) is 5.92 Å². The van der Waals surface area contributed by atoms with Gasteiger partial charge in [0.15, 0.2) is 0 Å². The van der Waals surface area contributed by atoms with Crippen LogP contribution in [0.25, 0.3) is 33.1 Å². The maximum Gasteiger partial charge on any atom is 0.340 e. The summed E-state index contributed by atoms with van der Waals surface area (Å²) in [5.74, 6) is -2.34. The second-order valence-electron chi connectivity index (χ2n) is 8.69. The first kappa shape index (κ1) is 23.6. The smallest absolute Gasteiger partial charge is 0.340 e. The number of carboxylic acids is 1. The zero-order chi connectivity index (χ0) is 24.7. The molecule has 2 aromatic heterocycles. The summed E-state index contributed by atoms with van der Waals surface area (Å²) in [6.45, 7) is 6.87. The van der Waals surface area contributed by atoms with E-state index in [2.05, 4.69) is 5.32 Å². The Morgan fingerprint density at radius 2 is 1.74 bits per heavy atom. The van der Waals surface area contributed by atoms with Crippen molar-refractivity contribution < 1.29 is 23.5 Å². The molecule has 1 atom stereocenters. The summed E-state index contributed by atoms with van der Waals surface area (Å²) < 4.78 is 11.4. The molecule has 2 aromatic carbocycles. The van der Waals surface area contributed by atoms with Crippen molar-refractivity contribution in [1.29, 1.82) is 0 Å². The summed E-state index contributed by atoms with van der Waals surface area (Å²) >= 11 is 6.02. The third-order valence-corrected chi connectivity index (χ3v) is 6.32. The van der Waals surface area contributed by atoms with Crippen LogP contribution in [0.2, 0.25) is 5.02 Å². The number of carboxylic acid groups (broad SMARTS) is 1. The number of hydrogen-bond acceptors (Lipinski definition) is 6. The van der Waals surface area contributed by atoms with E-state index in [1.807, 2.05) is 25.1 Å². The van der Waals surface area contributed by atoms with Crippen LogP contribution >= 0.6 is 11.6 Å². The lowest BCUT2D eigenvalue weighted by molar-refractivity contribution is -0.309. The Hall–Kier alpha value is -3.58. The second-order valence-corrected chi connectivity index (χ2v) is 9.13. The Labute approximate surface area is 200 Å². The summed E-state index contributed by atoms with van der Waals surface area (Å²) in [6.07, 6.45) is 1.33. The zero-order valence-electron chi connectivity index (χ0n) is 19.2. The van der Waals surface area contributed by atoms with E-state index in [0.29, 0.717) is 32.7 Å². The molecule has 0 aliphatic carbocycles. The molecule has 176 valence electrons. The van der Waals surface area contributed by atoms with Gasteiger partial charge in [0.1, 0.15) is 11.2 Å². The van der Waals surface area contributed by atoms with Crippen molar-refractivity contribution >= 4 is 45.4 Å². The van der Waals surface area contributed by atoms with Gasteiger partial charge in [-0.2, -0.15) is 0 Å². The zero-order valence-corrected chi connectivity index (χ0v) is 19.9. The van der Waals surface area contributed by atoms with Crippen molar-refractivity contribution in [3.05, 3.63) is 68.7 Å². The number of halogens is 1. The Morgan fingerprint density at radius 3 is 2.35 bits per heavy atom. The van der Waals surface area contributed by atoms with E-state index in [0.717, 1.165) is 16.5 Å². The Kier molecular flexibility index (Phi) is 6.23. The van der Waals surface area contributed by atoms with Gasteiger partial charge in [0, 0.05) is 26.9 Å². The average molecular weight is 481 g/mol. The summed E-state index contributed by atoms with van der Waals surface area (Å²) in [7, 11) is 0. The van der Waals surface area contributed by atoms with Crippen LogP contribution in [0.1, 0.15) is 30.5 Å². The Bertz CT molecular complexity index is 1480. The molecular formula is C26H23ClNO6-. The van der Waals surface area contributed by atoms with Gasteiger partial charge in [-0.1, -0.05) is 37.6 Å². The highest BCUT2D eigenvalue weighted by Crippen LogP contribution is 2.37. The lowest BCUT2D eigenvalue weighted by Gasteiger charge is -2.23. The molecule has 2 heterocycles. The van der Waals surface area contributed by atoms with Gasteiger partial charge in [0.25, 0.3) is 0 Å². The van der Waals surface area contributed by atoms with Crippen LogP contribution in [0.4, 0.5) is 0 Å². The van der Waals surface area contributed by atoms with Crippen molar-refractivity contribution in [1.82, 2.24) is 5.32 Å². The minimum absolute atomic E-state index is 0.168. The normalized spacial score (nSPS) is 12.4. The van der Waals surface area contributed by atoms with Gasteiger partial charge in [-0.15, -0.1) is 0 Å². The van der Waals surface area contributed by atoms with E-state index in [1.54, 1.807) is 39.2 Å². The lowest BCUT2D eigenvalue weighted by Crippen LogP contribution is -2.51. The van der Waals surface area contributed by atoms with Gasteiger partial charge in [-0.25, -0.2) is 4.79 Å². The molecule has 1 amide bonds. The Balaban J connectivity index is 1.81. The first-order valence-corrected chi connectivity index (χ1v) is 11.2.